The van der Waals surface area contributed by atoms with Gasteiger partial charge in [-0.3, -0.25) is 9.36 Å². The molecule has 1 aromatic heterocycles. The van der Waals surface area contributed by atoms with Crippen LogP contribution in [0.5, 0.6) is 0 Å². The zero-order valence-electron chi connectivity index (χ0n) is 18.6. The first-order valence-electron chi connectivity index (χ1n) is 11.1. The fourth-order valence-electron chi connectivity index (χ4n) is 4.03. The second-order valence-corrected chi connectivity index (χ2v) is 9.27. The summed E-state index contributed by atoms with van der Waals surface area (Å²) in [6.45, 7) is 4.11. The van der Waals surface area contributed by atoms with E-state index in [-0.39, 0.29) is 11.7 Å². The third-order valence-electron chi connectivity index (χ3n) is 5.69. The number of carbonyl (C=O) groups excluding carboxylic acids is 1. The summed E-state index contributed by atoms with van der Waals surface area (Å²) in [5.41, 5.74) is 7.01. The average Bonchev–Trinajstić information content (AvgIpc) is 3.23. The van der Waals surface area contributed by atoms with Crippen molar-refractivity contribution in [3.05, 3.63) is 65.2 Å². The fourth-order valence-corrected chi connectivity index (χ4v) is 4.83. The summed E-state index contributed by atoms with van der Waals surface area (Å²) in [4.78, 5) is 12.4. The van der Waals surface area contributed by atoms with Crippen molar-refractivity contribution in [1.29, 1.82) is 0 Å². The largest absolute Gasteiger partial charge is 0.299 e. The van der Waals surface area contributed by atoms with E-state index in [1.165, 1.54) is 36.6 Å². The topological polar surface area (TPSA) is 72.2 Å². The van der Waals surface area contributed by atoms with Crippen molar-refractivity contribution in [3.8, 4) is 11.4 Å². The van der Waals surface area contributed by atoms with Gasteiger partial charge < -0.3 is 0 Å². The highest BCUT2D eigenvalue weighted by atomic mass is 32.2. The van der Waals surface area contributed by atoms with Gasteiger partial charge in [-0.15, -0.1) is 10.2 Å². The molecule has 1 N–H and O–H groups in total. The molecule has 32 heavy (non-hydrogen) atoms. The van der Waals surface area contributed by atoms with Gasteiger partial charge in [0.05, 0.1) is 12.0 Å². The molecule has 0 saturated heterocycles. The number of benzene rings is 2. The Morgan fingerprint density at radius 3 is 2.62 bits per heavy atom. The number of nitrogens with zero attached hydrogens (tertiary/aromatic N) is 4. The SMILES string of the molecule is Cc1ccc(-c2nnc(SCC(=O)N/N=C\c3cccc(C)c3)n2C2CCCCC2)cc1. The maximum atomic E-state index is 12.4. The minimum Gasteiger partial charge on any atom is -0.299 e. The van der Waals surface area contributed by atoms with Crippen molar-refractivity contribution in [3.63, 3.8) is 0 Å². The summed E-state index contributed by atoms with van der Waals surface area (Å²) < 4.78 is 2.25. The summed E-state index contributed by atoms with van der Waals surface area (Å²) in [6, 6.07) is 16.7. The monoisotopic (exact) mass is 447 g/mol. The van der Waals surface area contributed by atoms with Crippen LogP contribution in [0.25, 0.3) is 11.4 Å². The smallest absolute Gasteiger partial charge is 0.250 e. The number of hydrogen-bond donors (Lipinski definition) is 1. The van der Waals surface area contributed by atoms with Crippen molar-refractivity contribution >= 4 is 23.9 Å². The van der Waals surface area contributed by atoms with Gasteiger partial charge in [-0.2, -0.15) is 5.10 Å². The molecule has 166 valence electrons. The summed E-state index contributed by atoms with van der Waals surface area (Å²) in [7, 11) is 0. The van der Waals surface area contributed by atoms with Gasteiger partial charge in [0.1, 0.15) is 0 Å². The molecule has 0 unspecified atom stereocenters. The van der Waals surface area contributed by atoms with E-state index >= 15 is 0 Å². The van der Waals surface area contributed by atoms with Crippen LogP contribution >= 0.6 is 11.8 Å². The zero-order valence-corrected chi connectivity index (χ0v) is 19.4. The maximum Gasteiger partial charge on any atom is 0.250 e. The van der Waals surface area contributed by atoms with E-state index in [0.717, 1.165) is 40.5 Å². The molecule has 1 aliphatic carbocycles. The number of carbonyl (C=O) groups is 1. The average molecular weight is 448 g/mol. The highest BCUT2D eigenvalue weighted by molar-refractivity contribution is 7.99. The van der Waals surface area contributed by atoms with E-state index in [9.17, 15) is 4.79 Å². The predicted octanol–water partition coefficient (Wildman–Crippen LogP) is 5.31. The molecule has 1 aliphatic rings. The minimum absolute atomic E-state index is 0.158. The third-order valence-corrected chi connectivity index (χ3v) is 6.63. The van der Waals surface area contributed by atoms with Crippen LogP contribution in [0.15, 0.2) is 58.8 Å². The second kappa shape index (κ2) is 10.6. The number of nitrogens with one attached hydrogen (secondary N) is 1. The zero-order chi connectivity index (χ0) is 22.3. The number of aryl methyl sites for hydroxylation is 2. The molecule has 6 nitrogen and oxygen atoms in total. The van der Waals surface area contributed by atoms with E-state index in [4.69, 9.17) is 0 Å². The number of aromatic nitrogens is 3. The van der Waals surface area contributed by atoms with Crippen LogP contribution < -0.4 is 5.43 Å². The van der Waals surface area contributed by atoms with Crippen LogP contribution in [0.1, 0.15) is 54.8 Å². The Bertz CT molecular complexity index is 1080. The number of thioether (sulfide) groups is 1. The molecule has 0 bridgehead atoms. The Morgan fingerprint density at radius 2 is 1.88 bits per heavy atom. The quantitative estimate of drug-likeness (QED) is 0.303. The van der Waals surface area contributed by atoms with Crippen LogP contribution in [-0.2, 0) is 4.79 Å². The second-order valence-electron chi connectivity index (χ2n) is 8.33. The lowest BCUT2D eigenvalue weighted by Crippen LogP contribution is -2.20. The summed E-state index contributed by atoms with van der Waals surface area (Å²) in [6.07, 6.45) is 7.62. The summed E-state index contributed by atoms with van der Waals surface area (Å²) >= 11 is 1.42. The van der Waals surface area contributed by atoms with E-state index in [2.05, 4.69) is 56.5 Å². The van der Waals surface area contributed by atoms with E-state index in [1.807, 2.05) is 31.2 Å². The number of hydrazone groups is 1. The maximum absolute atomic E-state index is 12.4. The predicted molar refractivity (Wildman–Crippen MR) is 130 cm³/mol. The lowest BCUT2D eigenvalue weighted by atomic mass is 9.95. The molecule has 0 aliphatic heterocycles. The van der Waals surface area contributed by atoms with Gasteiger partial charge in [0.15, 0.2) is 11.0 Å². The lowest BCUT2D eigenvalue weighted by Gasteiger charge is -2.25. The van der Waals surface area contributed by atoms with Gasteiger partial charge in [0, 0.05) is 11.6 Å². The van der Waals surface area contributed by atoms with Crippen LogP contribution in [-0.4, -0.2) is 32.6 Å². The van der Waals surface area contributed by atoms with Crippen molar-refractivity contribution < 1.29 is 4.79 Å². The third kappa shape index (κ3) is 5.65. The molecular formula is C25H29N5OS. The Morgan fingerprint density at radius 1 is 1.09 bits per heavy atom. The lowest BCUT2D eigenvalue weighted by molar-refractivity contribution is -0.118. The molecule has 4 rings (SSSR count). The normalized spacial score (nSPS) is 14.7. The van der Waals surface area contributed by atoms with E-state index in [0.29, 0.717) is 6.04 Å². The van der Waals surface area contributed by atoms with Crippen molar-refractivity contribution in [2.75, 3.05) is 5.75 Å². The molecule has 2 aromatic carbocycles. The van der Waals surface area contributed by atoms with Gasteiger partial charge in [-0.1, -0.05) is 90.7 Å². The highest BCUT2D eigenvalue weighted by Gasteiger charge is 2.24. The summed E-state index contributed by atoms with van der Waals surface area (Å²) in [5, 5.41) is 13.9. The minimum atomic E-state index is -0.158. The molecule has 1 saturated carbocycles. The highest BCUT2D eigenvalue weighted by Crippen LogP contribution is 2.35. The van der Waals surface area contributed by atoms with E-state index < -0.39 is 0 Å². The number of rotatable bonds is 7. The molecule has 0 spiro atoms. The summed E-state index contributed by atoms with van der Waals surface area (Å²) in [5.74, 6) is 0.968. The Balaban J connectivity index is 1.45. The van der Waals surface area contributed by atoms with Crippen LogP contribution in [0.4, 0.5) is 0 Å². The van der Waals surface area contributed by atoms with E-state index in [1.54, 1.807) is 6.21 Å². The standard InChI is InChI=1S/C25H29N5OS/c1-18-11-13-21(14-12-18)24-28-29-25(30(24)22-9-4-3-5-10-22)32-17-23(31)27-26-16-20-8-6-7-19(2)15-20/h6-8,11-16,22H,3-5,9-10,17H2,1-2H3,(H,27,31)/b26-16-. The first-order valence-corrected chi connectivity index (χ1v) is 12.1. The number of hydrogen-bond acceptors (Lipinski definition) is 5. The van der Waals surface area contributed by atoms with Gasteiger partial charge in [-0.05, 0) is 32.3 Å². The fraction of sp³-hybridized carbons (Fsp3) is 0.360. The van der Waals surface area contributed by atoms with Crippen LogP contribution in [0.2, 0.25) is 0 Å². The van der Waals surface area contributed by atoms with Crippen molar-refractivity contribution in [1.82, 2.24) is 20.2 Å². The van der Waals surface area contributed by atoms with Crippen molar-refractivity contribution in [2.45, 2.75) is 57.1 Å². The first-order chi connectivity index (χ1) is 15.6. The Hall–Kier alpha value is -2.93. The molecule has 1 heterocycles. The Kier molecular flexibility index (Phi) is 7.37. The molecule has 0 atom stereocenters. The first kappa shape index (κ1) is 22.3. The molecule has 1 fully saturated rings. The van der Waals surface area contributed by atoms with Gasteiger partial charge >= 0.3 is 0 Å². The van der Waals surface area contributed by atoms with Gasteiger partial charge in [-0.25, -0.2) is 5.43 Å². The molecule has 1 amide bonds. The van der Waals surface area contributed by atoms with Crippen LogP contribution in [0.3, 0.4) is 0 Å². The van der Waals surface area contributed by atoms with Crippen LogP contribution in [0, 0.1) is 13.8 Å². The molecule has 0 radical (unpaired) electrons. The molecule has 3 aromatic rings. The van der Waals surface area contributed by atoms with Crippen molar-refractivity contribution in [2.24, 2.45) is 5.10 Å². The Labute approximate surface area is 193 Å². The van der Waals surface area contributed by atoms with Gasteiger partial charge in [0.2, 0.25) is 0 Å². The molecule has 7 heteroatoms. The molecular weight excluding hydrogens is 418 g/mol. The number of amides is 1. The van der Waals surface area contributed by atoms with Gasteiger partial charge in [0.25, 0.3) is 5.91 Å².